The van der Waals surface area contributed by atoms with Gasteiger partial charge in [-0.25, -0.2) is 0 Å². The predicted octanol–water partition coefficient (Wildman–Crippen LogP) is 3.27. The molecule has 0 bridgehead atoms. The molecule has 0 unspecified atom stereocenters. The van der Waals surface area contributed by atoms with E-state index in [4.69, 9.17) is 9.47 Å². The number of aliphatic hydroxyl groups excluding tert-OH is 1. The summed E-state index contributed by atoms with van der Waals surface area (Å²) in [6.07, 6.45) is 0.315. The van der Waals surface area contributed by atoms with Crippen LogP contribution in [0.3, 0.4) is 0 Å². The number of methoxy groups -OCH3 is 2. The molecule has 2 aromatic carbocycles. The summed E-state index contributed by atoms with van der Waals surface area (Å²) in [4.78, 5) is 0. The number of hydrogen-bond acceptors (Lipinski definition) is 3. The zero-order valence-electron chi connectivity index (χ0n) is 13.9. The summed E-state index contributed by atoms with van der Waals surface area (Å²) in [7, 11) is 3.43. The van der Waals surface area contributed by atoms with E-state index in [2.05, 4.69) is 12.1 Å². The van der Waals surface area contributed by atoms with Crippen LogP contribution in [0.5, 0.6) is 5.75 Å². The Morgan fingerprint density at radius 1 is 1.04 bits per heavy atom. The summed E-state index contributed by atoms with van der Waals surface area (Å²) in [5.74, 6) is 0.859. The Hall–Kier alpha value is -1.32. The van der Waals surface area contributed by atoms with Gasteiger partial charge >= 0.3 is 144 Å². The maximum atomic E-state index is 10.3. The summed E-state index contributed by atoms with van der Waals surface area (Å²) in [5, 5.41) is 11.2. The van der Waals surface area contributed by atoms with Gasteiger partial charge in [-0.3, -0.25) is 0 Å². The third-order valence-electron chi connectivity index (χ3n) is 3.81. The first-order valence-electron chi connectivity index (χ1n) is 7.76. The molecule has 0 aliphatic carbocycles. The number of hydrogen-bond donors (Lipinski definition) is 1. The van der Waals surface area contributed by atoms with Crippen LogP contribution in [0, 0.1) is 0 Å². The molecule has 0 amide bonds. The SMILES string of the molecule is CC[C@H](O)c1cccc(OC)c1[Se]C[C@H](OC)c1ccccc1. The molecule has 2 atom stereocenters. The van der Waals surface area contributed by atoms with E-state index < -0.39 is 6.10 Å². The van der Waals surface area contributed by atoms with Crippen molar-refractivity contribution >= 4 is 19.4 Å². The number of benzene rings is 2. The van der Waals surface area contributed by atoms with Gasteiger partial charge in [0.15, 0.2) is 0 Å². The van der Waals surface area contributed by atoms with Crippen LogP contribution in [-0.4, -0.2) is 34.3 Å². The normalized spacial score (nSPS) is 13.6. The summed E-state index contributed by atoms with van der Waals surface area (Å²) in [6, 6.07) is 16.2. The molecule has 124 valence electrons. The van der Waals surface area contributed by atoms with Gasteiger partial charge < -0.3 is 0 Å². The Morgan fingerprint density at radius 3 is 2.39 bits per heavy atom. The fourth-order valence-corrected chi connectivity index (χ4v) is 5.21. The van der Waals surface area contributed by atoms with Crippen molar-refractivity contribution in [1.29, 1.82) is 0 Å². The van der Waals surface area contributed by atoms with Crippen molar-refractivity contribution in [2.45, 2.75) is 30.9 Å². The summed E-state index contributed by atoms with van der Waals surface area (Å²) < 4.78 is 12.3. The second kappa shape index (κ2) is 9.09. The Labute approximate surface area is 144 Å². The van der Waals surface area contributed by atoms with E-state index in [1.807, 2.05) is 43.3 Å². The van der Waals surface area contributed by atoms with E-state index in [1.165, 1.54) is 5.56 Å². The monoisotopic (exact) mass is 380 g/mol. The van der Waals surface area contributed by atoms with Crippen molar-refractivity contribution in [3.05, 3.63) is 59.7 Å². The fourth-order valence-electron chi connectivity index (χ4n) is 2.46. The average molecular weight is 379 g/mol. The molecule has 23 heavy (non-hydrogen) atoms. The van der Waals surface area contributed by atoms with E-state index in [9.17, 15) is 5.11 Å². The third kappa shape index (κ3) is 4.58. The van der Waals surface area contributed by atoms with Crippen LogP contribution in [0.15, 0.2) is 48.5 Å². The van der Waals surface area contributed by atoms with E-state index in [0.717, 1.165) is 21.1 Å². The molecule has 0 aromatic heterocycles. The Kier molecular flexibility index (Phi) is 7.13. The molecule has 4 heteroatoms. The Morgan fingerprint density at radius 2 is 1.78 bits per heavy atom. The summed E-state index contributed by atoms with van der Waals surface area (Å²) >= 11 is 0.147. The second-order valence-electron chi connectivity index (χ2n) is 5.25. The van der Waals surface area contributed by atoms with Gasteiger partial charge in [-0.2, -0.15) is 0 Å². The molecule has 0 saturated heterocycles. The summed E-state index contributed by atoms with van der Waals surface area (Å²) in [5.41, 5.74) is 2.17. The van der Waals surface area contributed by atoms with E-state index in [1.54, 1.807) is 14.2 Å². The van der Waals surface area contributed by atoms with Crippen molar-refractivity contribution < 1.29 is 14.6 Å². The van der Waals surface area contributed by atoms with Crippen LogP contribution in [0.25, 0.3) is 0 Å². The Balaban J connectivity index is 2.21. The van der Waals surface area contributed by atoms with Gasteiger partial charge in [0, 0.05) is 0 Å². The molecule has 0 aliphatic heterocycles. The number of ether oxygens (including phenoxy) is 2. The third-order valence-corrected chi connectivity index (χ3v) is 6.32. The van der Waals surface area contributed by atoms with Gasteiger partial charge in [-0.05, 0) is 0 Å². The quantitative estimate of drug-likeness (QED) is 0.716. The minimum atomic E-state index is -0.445. The molecule has 0 aliphatic rings. The van der Waals surface area contributed by atoms with Crippen LogP contribution >= 0.6 is 0 Å². The zero-order chi connectivity index (χ0) is 16.7. The van der Waals surface area contributed by atoms with Gasteiger partial charge in [-0.1, -0.05) is 0 Å². The maximum absolute atomic E-state index is 10.3. The van der Waals surface area contributed by atoms with Gasteiger partial charge in [0.25, 0.3) is 0 Å². The van der Waals surface area contributed by atoms with Crippen LogP contribution in [0.2, 0.25) is 5.32 Å². The van der Waals surface area contributed by atoms with Gasteiger partial charge in [-0.15, -0.1) is 0 Å². The minimum absolute atomic E-state index is 0.0627. The summed E-state index contributed by atoms with van der Waals surface area (Å²) in [6.45, 7) is 1.99. The second-order valence-corrected chi connectivity index (χ2v) is 7.41. The molecule has 0 saturated carbocycles. The topological polar surface area (TPSA) is 38.7 Å². The molecular weight excluding hydrogens is 355 g/mol. The predicted molar refractivity (Wildman–Crippen MR) is 94.6 cm³/mol. The molecule has 0 spiro atoms. The van der Waals surface area contributed by atoms with Crippen LogP contribution < -0.4 is 9.20 Å². The molecule has 2 rings (SSSR count). The van der Waals surface area contributed by atoms with Crippen molar-refractivity contribution in [3.8, 4) is 5.75 Å². The first kappa shape index (κ1) is 18.0. The molecule has 2 aromatic rings. The van der Waals surface area contributed by atoms with Gasteiger partial charge in [0.1, 0.15) is 0 Å². The standard InChI is InChI=1S/C19H24O3Se/c1-4-16(20)15-11-8-12-17(21-2)19(15)23-13-18(22-3)14-9-6-5-7-10-14/h5-12,16,18,20H,4,13H2,1-3H3/t16-,18-/m0/s1. The molecule has 0 heterocycles. The van der Waals surface area contributed by atoms with Crippen LogP contribution in [0.4, 0.5) is 0 Å². The zero-order valence-corrected chi connectivity index (χ0v) is 15.6. The van der Waals surface area contributed by atoms with Crippen molar-refractivity contribution in [2.75, 3.05) is 14.2 Å². The fraction of sp³-hybridized carbons (Fsp3) is 0.368. The van der Waals surface area contributed by atoms with E-state index >= 15 is 0 Å². The van der Waals surface area contributed by atoms with Gasteiger partial charge in [0.05, 0.1) is 0 Å². The first-order chi connectivity index (χ1) is 11.2. The molecule has 1 N–H and O–H groups in total. The average Bonchev–Trinajstić information content (AvgIpc) is 2.62. The number of aliphatic hydroxyl groups is 1. The number of rotatable bonds is 8. The molecule has 3 nitrogen and oxygen atoms in total. The Bertz CT molecular complexity index is 601. The molecule has 0 radical (unpaired) electrons. The van der Waals surface area contributed by atoms with Gasteiger partial charge in [0.2, 0.25) is 0 Å². The van der Waals surface area contributed by atoms with Crippen LogP contribution in [-0.2, 0) is 4.74 Å². The van der Waals surface area contributed by atoms with E-state index in [0.29, 0.717) is 6.42 Å². The van der Waals surface area contributed by atoms with Crippen molar-refractivity contribution in [3.63, 3.8) is 0 Å². The van der Waals surface area contributed by atoms with Crippen molar-refractivity contribution in [2.24, 2.45) is 0 Å². The van der Waals surface area contributed by atoms with Crippen LogP contribution in [0.1, 0.15) is 36.7 Å². The molecular formula is C19H24O3Se. The molecule has 0 fully saturated rings. The van der Waals surface area contributed by atoms with Crippen molar-refractivity contribution in [1.82, 2.24) is 0 Å². The van der Waals surface area contributed by atoms with E-state index in [-0.39, 0.29) is 21.1 Å². The first-order valence-corrected chi connectivity index (χ1v) is 9.83.